The topological polar surface area (TPSA) is 63.2 Å². The van der Waals surface area contributed by atoms with E-state index in [0.717, 1.165) is 11.1 Å². The third-order valence-corrected chi connectivity index (χ3v) is 4.68. The van der Waals surface area contributed by atoms with E-state index < -0.39 is 9.84 Å². The largest absolute Gasteiger partial charge is 0.326 e. The van der Waals surface area contributed by atoms with Gasteiger partial charge in [0.15, 0.2) is 9.84 Å². The molecule has 110 valence electrons. The fraction of sp³-hybridized carbons (Fsp3) is 0.188. The maximum absolute atomic E-state index is 12.4. The normalized spacial score (nSPS) is 11.1. The molecule has 5 heteroatoms. The average Bonchev–Trinajstić information content (AvgIpc) is 2.38. The quantitative estimate of drug-likeness (QED) is 0.944. The van der Waals surface area contributed by atoms with Crippen LogP contribution < -0.4 is 5.32 Å². The Morgan fingerprint density at radius 3 is 2.33 bits per heavy atom. The van der Waals surface area contributed by atoms with Crippen molar-refractivity contribution in [3.63, 3.8) is 0 Å². The lowest BCUT2D eigenvalue weighted by Crippen LogP contribution is -2.07. The highest BCUT2D eigenvalue weighted by Crippen LogP contribution is 2.19. The van der Waals surface area contributed by atoms with Crippen molar-refractivity contribution in [2.45, 2.75) is 24.5 Å². The highest BCUT2D eigenvalue weighted by molar-refractivity contribution is 7.90. The molecule has 0 saturated heterocycles. The van der Waals surface area contributed by atoms with Crippen molar-refractivity contribution in [1.29, 1.82) is 0 Å². The second kappa shape index (κ2) is 6.10. The zero-order valence-corrected chi connectivity index (χ0v) is 12.8. The van der Waals surface area contributed by atoms with Gasteiger partial charge in [0, 0.05) is 12.6 Å². The molecule has 0 heterocycles. The van der Waals surface area contributed by atoms with Crippen molar-refractivity contribution in [3.05, 3.63) is 59.7 Å². The summed E-state index contributed by atoms with van der Waals surface area (Å²) < 4.78 is 24.7. The minimum absolute atomic E-state index is 0.0336. The van der Waals surface area contributed by atoms with Crippen molar-refractivity contribution in [2.24, 2.45) is 0 Å². The zero-order valence-electron chi connectivity index (χ0n) is 12.0. The van der Waals surface area contributed by atoms with Crippen molar-refractivity contribution in [3.8, 4) is 0 Å². The molecular formula is C16H17NO3S. The zero-order chi connectivity index (χ0) is 15.5. The summed E-state index contributed by atoms with van der Waals surface area (Å²) in [4.78, 5) is 11.2. The molecule has 0 aliphatic rings. The average molecular weight is 303 g/mol. The van der Waals surface area contributed by atoms with E-state index in [2.05, 4.69) is 5.32 Å². The summed E-state index contributed by atoms with van der Waals surface area (Å²) in [7, 11) is -3.39. The molecule has 0 aliphatic carbocycles. The third-order valence-electron chi connectivity index (χ3n) is 2.97. The van der Waals surface area contributed by atoms with E-state index in [1.165, 1.54) is 19.1 Å². The van der Waals surface area contributed by atoms with Crippen LogP contribution in [-0.4, -0.2) is 14.3 Å². The van der Waals surface area contributed by atoms with Crippen molar-refractivity contribution < 1.29 is 13.2 Å². The molecule has 0 fully saturated rings. The maximum Gasteiger partial charge on any atom is 0.221 e. The second-order valence-corrected chi connectivity index (χ2v) is 6.94. The van der Waals surface area contributed by atoms with Gasteiger partial charge in [-0.3, -0.25) is 4.79 Å². The molecule has 0 atom stereocenters. The molecule has 2 aromatic rings. The number of sulfone groups is 1. The third kappa shape index (κ3) is 4.16. The van der Waals surface area contributed by atoms with E-state index in [-0.39, 0.29) is 16.6 Å². The lowest BCUT2D eigenvalue weighted by molar-refractivity contribution is -0.114. The predicted molar refractivity (Wildman–Crippen MR) is 82.8 cm³/mol. The molecule has 0 saturated carbocycles. The Morgan fingerprint density at radius 1 is 1.10 bits per heavy atom. The lowest BCUT2D eigenvalue weighted by Gasteiger charge is -2.07. The van der Waals surface area contributed by atoms with Gasteiger partial charge >= 0.3 is 0 Å². The van der Waals surface area contributed by atoms with Crippen LogP contribution in [0.2, 0.25) is 0 Å². The number of anilines is 1. The van der Waals surface area contributed by atoms with Crippen LogP contribution in [-0.2, 0) is 20.4 Å². The SMILES string of the molecule is CC(=O)Nc1ccc(S(=O)(=O)Cc2cccc(C)c2)cc1. The number of rotatable bonds is 4. The molecule has 2 aromatic carbocycles. The Hall–Kier alpha value is -2.14. The van der Waals surface area contributed by atoms with Gasteiger partial charge in [0.25, 0.3) is 0 Å². The van der Waals surface area contributed by atoms with Crippen LogP contribution in [0.1, 0.15) is 18.1 Å². The number of nitrogens with one attached hydrogen (secondary N) is 1. The van der Waals surface area contributed by atoms with Gasteiger partial charge in [0.05, 0.1) is 10.6 Å². The Kier molecular flexibility index (Phi) is 4.43. The van der Waals surface area contributed by atoms with Gasteiger partial charge in [0.1, 0.15) is 0 Å². The molecule has 2 rings (SSSR count). The number of hydrogen-bond donors (Lipinski definition) is 1. The van der Waals surface area contributed by atoms with Crippen LogP contribution in [0.3, 0.4) is 0 Å². The Labute approximate surface area is 124 Å². The number of aryl methyl sites for hydroxylation is 1. The van der Waals surface area contributed by atoms with Gasteiger partial charge in [-0.2, -0.15) is 0 Å². The van der Waals surface area contributed by atoms with Crippen LogP contribution in [0.4, 0.5) is 5.69 Å². The predicted octanol–water partition coefficient (Wildman–Crippen LogP) is 2.93. The summed E-state index contributed by atoms with van der Waals surface area (Å²) in [6.45, 7) is 3.33. The van der Waals surface area contributed by atoms with E-state index in [1.807, 2.05) is 25.1 Å². The highest BCUT2D eigenvalue weighted by Gasteiger charge is 2.15. The van der Waals surface area contributed by atoms with Crippen LogP contribution in [0.25, 0.3) is 0 Å². The van der Waals surface area contributed by atoms with Crippen LogP contribution >= 0.6 is 0 Å². The first-order valence-corrected chi connectivity index (χ1v) is 8.18. The lowest BCUT2D eigenvalue weighted by atomic mass is 10.2. The Bertz CT molecular complexity index is 749. The highest BCUT2D eigenvalue weighted by atomic mass is 32.2. The first-order chi connectivity index (χ1) is 9.87. The van der Waals surface area contributed by atoms with Crippen molar-refractivity contribution in [2.75, 3.05) is 5.32 Å². The number of hydrogen-bond acceptors (Lipinski definition) is 3. The van der Waals surface area contributed by atoms with Gasteiger partial charge in [-0.25, -0.2) is 8.42 Å². The van der Waals surface area contributed by atoms with Gasteiger partial charge in [0.2, 0.25) is 5.91 Å². The Morgan fingerprint density at radius 2 is 1.76 bits per heavy atom. The molecule has 0 aliphatic heterocycles. The summed E-state index contributed by atoms with van der Waals surface area (Å²) >= 11 is 0. The second-order valence-electron chi connectivity index (χ2n) is 4.95. The van der Waals surface area contributed by atoms with E-state index in [0.29, 0.717) is 5.69 Å². The smallest absolute Gasteiger partial charge is 0.221 e. The monoisotopic (exact) mass is 303 g/mol. The first kappa shape index (κ1) is 15.3. The minimum atomic E-state index is -3.39. The van der Waals surface area contributed by atoms with E-state index >= 15 is 0 Å². The number of benzene rings is 2. The van der Waals surface area contributed by atoms with Gasteiger partial charge in [-0.05, 0) is 36.8 Å². The van der Waals surface area contributed by atoms with Crippen LogP contribution in [0.5, 0.6) is 0 Å². The Balaban J connectivity index is 2.21. The summed E-state index contributed by atoms with van der Waals surface area (Å²) in [5.41, 5.74) is 2.38. The molecule has 0 bridgehead atoms. The molecule has 21 heavy (non-hydrogen) atoms. The molecular weight excluding hydrogens is 286 g/mol. The molecule has 1 N–H and O–H groups in total. The summed E-state index contributed by atoms with van der Waals surface area (Å²) in [5, 5.41) is 2.61. The number of carbonyl (C=O) groups is 1. The van der Waals surface area contributed by atoms with Gasteiger partial charge in [-0.1, -0.05) is 29.8 Å². The summed E-state index contributed by atoms with van der Waals surface area (Å²) in [6.07, 6.45) is 0. The van der Waals surface area contributed by atoms with Crippen molar-refractivity contribution in [1.82, 2.24) is 0 Å². The molecule has 0 unspecified atom stereocenters. The van der Waals surface area contributed by atoms with Gasteiger partial charge < -0.3 is 5.32 Å². The minimum Gasteiger partial charge on any atom is -0.326 e. The molecule has 0 radical (unpaired) electrons. The van der Waals surface area contributed by atoms with Gasteiger partial charge in [-0.15, -0.1) is 0 Å². The van der Waals surface area contributed by atoms with E-state index in [4.69, 9.17) is 0 Å². The van der Waals surface area contributed by atoms with Crippen molar-refractivity contribution >= 4 is 21.4 Å². The molecule has 0 aromatic heterocycles. The first-order valence-electron chi connectivity index (χ1n) is 6.53. The van der Waals surface area contributed by atoms with E-state index in [9.17, 15) is 13.2 Å². The molecule has 0 spiro atoms. The fourth-order valence-corrected chi connectivity index (χ4v) is 3.39. The summed E-state index contributed by atoms with van der Waals surface area (Å²) in [6, 6.07) is 13.6. The summed E-state index contributed by atoms with van der Waals surface area (Å²) in [5.74, 6) is -0.223. The van der Waals surface area contributed by atoms with Crippen LogP contribution in [0, 0.1) is 6.92 Å². The molecule has 1 amide bonds. The number of carbonyl (C=O) groups excluding carboxylic acids is 1. The maximum atomic E-state index is 12.4. The van der Waals surface area contributed by atoms with E-state index in [1.54, 1.807) is 18.2 Å². The molecule has 4 nitrogen and oxygen atoms in total. The standard InChI is InChI=1S/C16H17NO3S/c1-12-4-3-5-14(10-12)11-21(19,20)16-8-6-15(7-9-16)17-13(2)18/h3-10H,11H2,1-2H3,(H,17,18). The van der Waals surface area contributed by atoms with Crippen LogP contribution in [0.15, 0.2) is 53.4 Å². The number of amides is 1. The fourth-order valence-electron chi connectivity index (χ4n) is 2.05.